The normalized spacial score (nSPS) is 20.6. The number of hydrogen-bond donors (Lipinski definition) is 5. The minimum absolute atomic E-state index is 0.163. The van der Waals surface area contributed by atoms with Gasteiger partial charge in [-0.15, -0.1) is 0 Å². The van der Waals surface area contributed by atoms with E-state index in [4.69, 9.17) is 10.2 Å². The van der Waals surface area contributed by atoms with Gasteiger partial charge in [-0.05, 0) is 14.1 Å². The van der Waals surface area contributed by atoms with Crippen LogP contribution in [-0.4, -0.2) is 82.1 Å². The van der Waals surface area contributed by atoms with Crippen LogP contribution in [0.4, 0.5) is 0 Å². The van der Waals surface area contributed by atoms with Gasteiger partial charge in [0, 0.05) is 6.54 Å². The average Bonchev–Trinajstić information content (AvgIpc) is 2.13. The average molecular weight is 209 g/mol. The highest BCUT2D eigenvalue weighted by molar-refractivity contribution is 4.81. The Balaban J connectivity index is 4.09. The summed E-state index contributed by atoms with van der Waals surface area (Å²) in [6.07, 6.45) is -5.63. The number of hydrogen-bond acceptors (Lipinski definition) is 6. The van der Waals surface area contributed by atoms with E-state index in [0.717, 1.165) is 0 Å². The molecular formula is C8H19NO5. The number of aliphatic hydroxyl groups excluding tert-OH is 5. The van der Waals surface area contributed by atoms with E-state index in [-0.39, 0.29) is 6.54 Å². The summed E-state index contributed by atoms with van der Waals surface area (Å²) in [7, 11) is 3.40. The number of rotatable bonds is 6. The van der Waals surface area contributed by atoms with Crippen molar-refractivity contribution in [2.24, 2.45) is 0 Å². The number of likely N-dealkylation sites (N-methyl/N-ethyl adjacent to an activating group) is 1. The fraction of sp³-hybridized carbons (Fsp3) is 1.00. The van der Waals surface area contributed by atoms with Crippen LogP contribution in [0.15, 0.2) is 0 Å². The van der Waals surface area contributed by atoms with E-state index in [1.165, 1.54) is 0 Å². The van der Waals surface area contributed by atoms with Gasteiger partial charge in [-0.1, -0.05) is 0 Å². The third kappa shape index (κ3) is 4.32. The fourth-order valence-corrected chi connectivity index (χ4v) is 1.05. The van der Waals surface area contributed by atoms with Crippen molar-refractivity contribution in [3.63, 3.8) is 0 Å². The molecule has 0 spiro atoms. The van der Waals surface area contributed by atoms with Crippen molar-refractivity contribution in [2.45, 2.75) is 24.4 Å². The molecule has 0 aliphatic rings. The fourth-order valence-electron chi connectivity index (χ4n) is 1.05. The molecule has 0 radical (unpaired) electrons. The molecule has 0 saturated carbocycles. The third-order valence-corrected chi connectivity index (χ3v) is 1.88. The highest BCUT2D eigenvalue weighted by Crippen LogP contribution is 2.05. The van der Waals surface area contributed by atoms with E-state index in [1.807, 2.05) is 0 Å². The van der Waals surface area contributed by atoms with Crippen LogP contribution in [0.5, 0.6) is 0 Å². The molecule has 6 nitrogen and oxygen atoms in total. The zero-order chi connectivity index (χ0) is 11.3. The summed E-state index contributed by atoms with van der Waals surface area (Å²) in [6.45, 7) is -0.497. The second-order valence-corrected chi connectivity index (χ2v) is 3.56. The highest BCUT2D eigenvalue weighted by atomic mass is 16.4. The second kappa shape index (κ2) is 6.28. The minimum atomic E-state index is -1.55. The summed E-state index contributed by atoms with van der Waals surface area (Å²) in [5, 5.41) is 45.4. The van der Waals surface area contributed by atoms with E-state index < -0.39 is 31.0 Å². The lowest BCUT2D eigenvalue weighted by Crippen LogP contribution is -2.48. The molecule has 0 aromatic carbocycles. The van der Waals surface area contributed by atoms with Gasteiger partial charge in [-0.25, -0.2) is 0 Å². The molecule has 0 heterocycles. The molecule has 86 valence electrons. The van der Waals surface area contributed by atoms with Gasteiger partial charge in [-0.2, -0.15) is 0 Å². The Labute approximate surface area is 83.0 Å². The third-order valence-electron chi connectivity index (χ3n) is 1.88. The first-order valence-corrected chi connectivity index (χ1v) is 4.38. The number of aliphatic hydroxyl groups is 5. The van der Waals surface area contributed by atoms with Crippen molar-refractivity contribution in [3.8, 4) is 0 Å². The minimum Gasteiger partial charge on any atom is -0.394 e. The van der Waals surface area contributed by atoms with Crippen LogP contribution in [0.3, 0.4) is 0 Å². The zero-order valence-electron chi connectivity index (χ0n) is 8.41. The van der Waals surface area contributed by atoms with Gasteiger partial charge in [0.25, 0.3) is 0 Å². The zero-order valence-corrected chi connectivity index (χ0v) is 8.41. The molecule has 0 amide bonds. The predicted molar refractivity (Wildman–Crippen MR) is 49.7 cm³/mol. The largest absolute Gasteiger partial charge is 0.394 e. The Morgan fingerprint density at radius 2 is 1.36 bits per heavy atom. The van der Waals surface area contributed by atoms with Gasteiger partial charge in [0.1, 0.15) is 18.3 Å². The van der Waals surface area contributed by atoms with Crippen molar-refractivity contribution in [2.75, 3.05) is 27.2 Å². The first kappa shape index (κ1) is 13.8. The van der Waals surface area contributed by atoms with Crippen LogP contribution in [-0.2, 0) is 0 Å². The van der Waals surface area contributed by atoms with Crippen LogP contribution in [0.1, 0.15) is 0 Å². The van der Waals surface area contributed by atoms with Crippen LogP contribution >= 0.6 is 0 Å². The molecule has 0 aromatic rings. The topological polar surface area (TPSA) is 104 Å². The van der Waals surface area contributed by atoms with Crippen LogP contribution in [0.2, 0.25) is 0 Å². The lowest BCUT2D eigenvalue weighted by Gasteiger charge is -2.27. The maximum Gasteiger partial charge on any atom is 0.111 e. The Morgan fingerprint density at radius 3 is 1.71 bits per heavy atom. The van der Waals surface area contributed by atoms with Gasteiger partial charge in [0.05, 0.1) is 12.7 Å². The molecular weight excluding hydrogens is 190 g/mol. The van der Waals surface area contributed by atoms with Crippen LogP contribution < -0.4 is 0 Å². The van der Waals surface area contributed by atoms with E-state index in [9.17, 15) is 15.3 Å². The van der Waals surface area contributed by atoms with Crippen molar-refractivity contribution in [1.29, 1.82) is 0 Å². The molecule has 0 bridgehead atoms. The first-order valence-electron chi connectivity index (χ1n) is 4.38. The van der Waals surface area contributed by atoms with Crippen molar-refractivity contribution in [3.05, 3.63) is 0 Å². The monoisotopic (exact) mass is 209 g/mol. The lowest BCUT2D eigenvalue weighted by molar-refractivity contribution is -0.117. The molecule has 14 heavy (non-hydrogen) atoms. The summed E-state index contributed by atoms with van der Waals surface area (Å²) in [5.74, 6) is 0. The Bertz CT molecular complexity index is 155. The molecule has 0 aromatic heterocycles. The summed E-state index contributed by atoms with van der Waals surface area (Å²) in [5.41, 5.74) is 0. The molecule has 0 rings (SSSR count). The van der Waals surface area contributed by atoms with Gasteiger partial charge in [0.15, 0.2) is 0 Å². The van der Waals surface area contributed by atoms with Gasteiger partial charge < -0.3 is 30.4 Å². The molecule has 6 heteroatoms. The molecule has 4 atom stereocenters. The van der Waals surface area contributed by atoms with Crippen molar-refractivity contribution >= 4 is 0 Å². The predicted octanol–water partition coefficient (Wildman–Crippen LogP) is -3.02. The molecule has 5 N–H and O–H groups in total. The smallest absolute Gasteiger partial charge is 0.111 e. The van der Waals surface area contributed by atoms with Gasteiger partial charge >= 0.3 is 0 Å². The quantitative estimate of drug-likeness (QED) is 0.319. The summed E-state index contributed by atoms with van der Waals surface area (Å²) in [4.78, 5) is 1.63. The standard InChI is InChI=1S/C8H19NO5/c1-9(2)3-5(11)7(13)8(14)6(12)4-10/h5-8,10-14H,3-4H2,1-2H3/t5-,6-,7-,8-/m1/s1. The Morgan fingerprint density at radius 1 is 0.929 bits per heavy atom. The van der Waals surface area contributed by atoms with E-state index in [0.29, 0.717) is 0 Å². The van der Waals surface area contributed by atoms with E-state index >= 15 is 0 Å². The van der Waals surface area contributed by atoms with E-state index in [2.05, 4.69) is 0 Å². The molecule has 0 aliphatic heterocycles. The van der Waals surface area contributed by atoms with Crippen LogP contribution in [0, 0.1) is 0 Å². The summed E-state index contributed by atoms with van der Waals surface area (Å²) in [6, 6.07) is 0. The summed E-state index contributed by atoms with van der Waals surface area (Å²) < 4.78 is 0. The Kier molecular flexibility index (Phi) is 6.17. The lowest BCUT2D eigenvalue weighted by atomic mass is 10.0. The first-order chi connectivity index (χ1) is 6.40. The molecule has 0 unspecified atom stereocenters. The maximum atomic E-state index is 9.36. The molecule has 0 saturated heterocycles. The number of nitrogens with zero attached hydrogens (tertiary/aromatic N) is 1. The maximum absolute atomic E-state index is 9.36. The van der Waals surface area contributed by atoms with Crippen molar-refractivity contribution < 1.29 is 25.5 Å². The van der Waals surface area contributed by atoms with Crippen molar-refractivity contribution in [1.82, 2.24) is 4.90 Å². The Hall–Kier alpha value is -0.240. The SMILES string of the molecule is CN(C)C[C@@H](O)[C@@H](O)[C@H](O)[C@H](O)CO. The van der Waals surface area contributed by atoms with Crippen LogP contribution in [0.25, 0.3) is 0 Å². The molecule has 0 fully saturated rings. The summed E-state index contributed by atoms with van der Waals surface area (Å²) >= 11 is 0. The van der Waals surface area contributed by atoms with Gasteiger partial charge in [0.2, 0.25) is 0 Å². The van der Waals surface area contributed by atoms with E-state index in [1.54, 1.807) is 19.0 Å². The van der Waals surface area contributed by atoms with Gasteiger partial charge in [-0.3, -0.25) is 0 Å². The molecule has 0 aliphatic carbocycles. The highest BCUT2D eigenvalue weighted by Gasteiger charge is 2.29. The second-order valence-electron chi connectivity index (χ2n) is 3.56.